The van der Waals surface area contributed by atoms with Gasteiger partial charge in [-0.2, -0.15) is 4.31 Å². The minimum absolute atomic E-state index is 0.345. The zero-order chi connectivity index (χ0) is 18.1. The molecule has 2 aliphatic rings. The van der Waals surface area contributed by atoms with E-state index < -0.39 is 10.0 Å². The number of morpholine rings is 1. The molecule has 140 valence electrons. The Kier molecular flexibility index (Phi) is 5.05. The number of benzene rings is 1. The summed E-state index contributed by atoms with van der Waals surface area (Å²) in [6.07, 6.45) is 2.36. The fourth-order valence-corrected chi connectivity index (χ4v) is 5.55. The normalized spacial score (nSPS) is 19.0. The second kappa shape index (κ2) is 7.30. The lowest BCUT2D eigenvalue weighted by atomic mass is 10.2. The predicted molar refractivity (Wildman–Crippen MR) is 98.6 cm³/mol. The molecule has 2 heterocycles. The maximum atomic E-state index is 12.8. The Morgan fingerprint density at radius 3 is 2.73 bits per heavy atom. The van der Waals surface area contributed by atoms with Gasteiger partial charge in [-0.05, 0) is 37.5 Å². The van der Waals surface area contributed by atoms with Crippen molar-refractivity contribution >= 4 is 21.8 Å². The number of nitrogens with zero attached hydrogens (tertiary/aromatic N) is 4. The first-order valence-electron chi connectivity index (χ1n) is 8.77. The summed E-state index contributed by atoms with van der Waals surface area (Å²) in [6.45, 7) is 3.69. The van der Waals surface area contributed by atoms with E-state index in [0.29, 0.717) is 43.0 Å². The van der Waals surface area contributed by atoms with E-state index in [0.717, 1.165) is 16.5 Å². The number of aryl methyl sites for hydroxylation is 1. The van der Waals surface area contributed by atoms with Gasteiger partial charge in [0.05, 0.1) is 18.1 Å². The Morgan fingerprint density at radius 2 is 2.00 bits per heavy atom. The number of rotatable bonds is 6. The third-order valence-electron chi connectivity index (χ3n) is 4.62. The van der Waals surface area contributed by atoms with Crippen molar-refractivity contribution < 1.29 is 13.2 Å². The second-order valence-corrected chi connectivity index (χ2v) is 9.46. The molecule has 26 heavy (non-hydrogen) atoms. The van der Waals surface area contributed by atoms with Crippen molar-refractivity contribution in [3.05, 3.63) is 35.7 Å². The molecule has 1 saturated carbocycles. The van der Waals surface area contributed by atoms with E-state index in [-0.39, 0.29) is 0 Å². The minimum atomic E-state index is -3.46. The first kappa shape index (κ1) is 18.0. The van der Waals surface area contributed by atoms with E-state index in [4.69, 9.17) is 4.74 Å². The van der Waals surface area contributed by atoms with E-state index in [1.807, 2.05) is 13.0 Å². The van der Waals surface area contributed by atoms with Gasteiger partial charge in [0, 0.05) is 24.9 Å². The summed E-state index contributed by atoms with van der Waals surface area (Å²) in [4.78, 5) is 0.345. The molecule has 2 aromatic rings. The molecule has 0 amide bonds. The quantitative estimate of drug-likeness (QED) is 0.700. The van der Waals surface area contributed by atoms with Crippen molar-refractivity contribution in [3.63, 3.8) is 0 Å². The van der Waals surface area contributed by atoms with Crippen LogP contribution in [0.25, 0.3) is 0 Å². The van der Waals surface area contributed by atoms with Gasteiger partial charge in [0.2, 0.25) is 10.0 Å². The standard InChI is InChI=1S/C17H22N4O3S2/c1-13-18-19-17(21(13)15-5-6-15)25-12-14-3-2-4-16(11-14)26(22,23)20-7-9-24-10-8-20/h2-4,11,15H,5-10,12H2,1H3. The fourth-order valence-electron chi connectivity index (χ4n) is 3.08. The van der Waals surface area contributed by atoms with Crippen LogP contribution >= 0.6 is 11.8 Å². The average Bonchev–Trinajstić information content (AvgIpc) is 3.43. The lowest BCUT2D eigenvalue weighted by molar-refractivity contribution is 0.0730. The maximum Gasteiger partial charge on any atom is 0.243 e. The lowest BCUT2D eigenvalue weighted by Gasteiger charge is -2.26. The van der Waals surface area contributed by atoms with Crippen molar-refractivity contribution in [3.8, 4) is 0 Å². The minimum Gasteiger partial charge on any atom is -0.379 e. The van der Waals surface area contributed by atoms with Gasteiger partial charge in [-0.15, -0.1) is 10.2 Å². The molecule has 0 atom stereocenters. The van der Waals surface area contributed by atoms with Gasteiger partial charge < -0.3 is 9.30 Å². The number of ether oxygens (including phenoxy) is 1. The largest absolute Gasteiger partial charge is 0.379 e. The predicted octanol–water partition coefficient (Wildman–Crippen LogP) is 2.23. The first-order valence-corrected chi connectivity index (χ1v) is 11.2. The number of aromatic nitrogens is 3. The van der Waals surface area contributed by atoms with Gasteiger partial charge in [0.25, 0.3) is 0 Å². The van der Waals surface area contributed by atoms with Crippen LogP contribution in [-0.4, -0.2) is 53.8 Å². The van der Waals surface area contributed by atoms with Crippen LogP contribution in [0, 0.1) is 6.92 Å². The molecule has 1 aromatic heterocycles. The van der Waals surface area contributed by atoms with Crippen LogP contribution < -0.4 is 0 Å². The van der Waals surface area contributed by atoms with Crippen LogP contribution in [0.4, 0.5) is 0 Å². The Bertz CT molecular complexity index is 887. The van der Waals surface area contributed by atoms with Gasteiger partial charge in [-0.3, -0.25) is 0 Å². The summed E-state index contributed by atoms with van der Waals surface area (Å²) < 4.78 is 34.6. The highest BCUT2D eigenvalue weighted by atomic mass is 32.2. The summed E-state index contributed by atoms with van der Waals surface area (Å²) in [5.41, 5.74) is 0.965. The highest BCUT2D eigenvalue weighted by Gasteiger charge is 2.29. The van der Waals surface area contributed by atoms with Gasteiger partial charge >= 0.3 is 0 Å². The molecule has 0 radical (unpaired) electrons. The molecular weight excluding hydrogens is 372 g/mol. The topological polar surface area (TPSA) is 77.3 Å². The molecule has 0 spiro atoms. The summed E-state index contributed by atoms with van der Waals surface area (Å²) in [5.74, 6) is 1.61. The SMILES string of the molecule is Cc1nnc(SCc2cccc(S(=O)(=O)N3CCOCC3)c2)n1C1CC1. The Labute approximate surface area is 157 Å². The smallest absolute Gasteiger partial charge is 0.243 e. The van der Waals surface area contributed by atoms with Crippen molar-refractivity contribution in [1.29, 1.82) is 0 Å². The van der Waals surface area contributed by atoms with E-state index in [9.17, 15) is 8.42 Å². The molecule has 0 unspecified atom stereocenters. The van der Waals surface area contributed by atoms with Gasteiger partial charge in [0.1, 0.15) is 5.82 Å². The zero-order valence-electron chi connectivity index (χ0n) is 14.7. The zero-order valence-corrected chi connectivity index (χ0v) is 16.3. The molecule has 1 saturated heterocycles. The summed E-state index contributed by atoms with van der Waals surface area (Å²) in [6, 6.07) is 7.72. The Balaban J connectivity index is 1.49. The summed E-state index contributed by atoms with van der Waals surface area (Å²) >= 11 is 1.61. The van der Waals surface area contributed by atoms with Crippen molar-refractivity contribution in [2.24, 2.45) is 0 Å². The molecule has 1 aliphatic carbocycles. The second-order valence-electron chi connectivity index (χ2n) is 6.58. The molecular formula is C17H22N4O3S2. The van der Waals surface area contributed by atoms with Gasteiger partial charge in [-0.25, -0.2) is 8.42 Å². The van der Waals surface area contributed by atoms with Gasteiger partial charge in [-0.1, -0.05) is 23.9 Å². The highest BCUT2D eigenvalue weighted by Crippen LogP contribution is 2.39. The van der Waals surface area contributed by atoms with Gasteiger partial charge in [0.15, 0.2) is 5.16 Å². The van der Waals surface area contributed by atoms with Crippen LogP contribution in [-0.2, 0) is 20.5 Å². The van der Waals surface area contributed by atoms with Crippen LogP contribution in [0.2, 0.25) is 0 Å². The van der Waals surface area contributed by atoms with Crippen molar-refractivity contribution in [2.75, 3.05) is 26.3 Å². The Hall–Kier alpha value is -1.42. The van der Waals surface area contributed by atoms with Crippen molar-refractivity contribution in [2.45, 2.75) is 41.6 Å². The van der Waals surface area contributed by atoms with E-state index >= 15 is 0 Å². The third-order valence-corrected chi connectivity index (χ3v) is 7.53. The molecule has 4 rings (SSSR count). The number of hydrogen-bond acceptors (Lipinski definition) is 6. The van der Waals surface area contributed by atoms with E-state index in [1.54, 1.807) is 30.0 Å². The van der Waals surface area contributed by atoms with E-state index in [1.165, 1.54) is 17.1 Å². The molecule has 0 bridgehead atoms. The molecule has 0 N–H and O–H groups in total. The number of thioether (sulfide) groups is 1. The molecule has 7 nitrogen and oxygen atoms in total. The number of hydrogen-bond donors (Lipinski definition) is 0. The Morgan fingerprint density at radius 1 is 1.23 bits per heavy atom. The lowest BCUT2D eigenvalue weighted by Crippen LogP contribution is -2.40. The molecule has 1 aliphatic heterocycles. The van der Waals surface area contributed by atoms with E-state index in [2.05, 4.69) is 14.8 Å². The van der Waals surface area contributed by atoms with Crippen LogP contribution in [0.5, 0.6) is 0 Å². The highest BCUT2D eigenvalue weighted by molar-refractivity contribution is 7.98. The molecule has 9 heteroatoms. The monoisotopic (exact) mass is 394 g/mol. The van der Waals surface area contributed by atoms with Crippen LogP contribution in [0.3, 0.4) is 0 Å². The van der Waals surface area contributed by atoms with Crippen LogP contribution in [0.1, 0.15) is 30.3 Å². The van der Waals surface area contributed by atoms with Crippen LogP contribution in [0.15, 0.2) is 34.3 Å². The van der Waals surface area contributed by atoms with Crippen molar-refractivity contribution in [1.82, 2.24) is 19.1 Å². The molecule has 2 fully saturated rings. The average molecular weight is 395 g/mol. The maximum absolute atomic E-state index is 12.8. The fraction of sp³-hybridized carbons (Fsp3) is 0.529. The number of sulfonamides is 1. The first-order chi connectivity index (χ1) is 12.6. The molecule has 1 aromatic carbocycles. The third kappa shape index (κ3) is 3.66. The summed E-state index contributed by atoms with van der Waals surface area (Å²) in [5, 5.41) is 9.37. The summed E-state index contributed by atoms with van der Waals surface area (Å²) in [7, 11) is -3.46.